The summed E-state index contributed by atoms with van der Waals surface area (Å²) in [5.41, 5.74) is 0.889. The fraction of sp³-hybridized carbons (Fsp3) is 0.222. The molecule has 1 N–H and O–H groups in total. The molecule has 0 aliphatic rings. The third-order valence-corrected chi connectivity index (χ3v) is 3.50. The highest BCUT2D eigenvalue weighted by atomic mass is 16.5. The molecule has 1 amide bonds. The molecule has 0 saturated carbocycles. The molecule has 2 aromatic rings. The fourth-order valence-corrected chi connectivity index (χ4v) is 2.25. The summed E-state index contributed by atoms with van der Waals surface area (Å²) in [6.07, 6.45) is 4.30. The number of hydrogen-bond donors (Lipinski definition) is 1. The number of amides is 1. The van der Waals surface area contributed by atoms with Crippen LogP contribution in [-0.4, -0.2) is 43.1 Å². The Balaban J connectivity index is 2.19. The number of ether oxygens (including phenoxy) is 2. The van der Waals surface area contributed by atoms with Crippen molar-refractivity contribution in [2.45, 2.75) is 12.5 Å². The zero-order chi connectivity index (χ0) is 18.2. The lowest BCUT2D eigenvalue weighted by Gasteiger charge is -2.15. The summed E-state index contributed by atoms with van der Waals surface area (Å²) in [5, 5.41) is 3.43. The highest BCUT2D eigenvalue weighted by Gasteiger charge is 2.22. The molecule has 7 nitrogen and oxygen atoms in total. The highest BCUT2D eigenvalue weighted by molar-refractivity contribution is 6.06. The van der Waals surface area contributed by atoms with Crippen LogP contribution in [-0.2, 0) is 19.1 Å². The minimum absolute atomic E-state index is 0.0890. The first-order valence-corrected chi connectivity index (χ1v) is 7.53. The number of rotatable bonds is 6. The summed E-state index contributed by atoms with van der Waals surface area (Å²) in [6.45, 7) is 0. The van der Waals surface area contributed by atoms with Crippen LogP contribution < -0.4 is 5.32 Å². The van der Waals surface area contributed by atoms with E-state index in [4.69, 9.17) is 4.74 Å². The molecule has 1 heterocycles. The fourth-order valence-electron chi connectivity index (χ4n) is 2.25. The number of aromatic nitrogens is 1. The maximum atomic E-state index is 12.6. The van der Waals surface area contributed by atoms with E-state index in [0.717, 1.165) is 5.39 Å². The van der Waals surface area contributed by atoms with Gasteiger partial charge in [0.2, 0.25) is 0 Å². The number of methoxy groups -OCH3 is 2. The van der Waals surface area contributed by atoms with Crippen LogP contribution in [0.25, 0.3) is 10.9 Å². The van der Waals surface area contributed by atoms with Crippen LogP contribution in [0.1, 0.15) is 16.8 Å². The van der Waals surface area contributed by atoms with Gasteiger partial charge in [0, 0.05) is 17.7 Å². The van der Waals surface area contributed by atoms with Crippen molar-refractivity contribution < 1.29 is 23.9 Å². The summed E-state index contributed by atoms with van der Waals surface area (Å²) in [7, 11) is 2.48. The number of esters is 2. The standard InChI is InChI=1S/C18H18N2O5/c1-24-15(21)10-4-9-14(18(23)25-2)20-17(22)13-8-3-6-12-7-5-11-19-16(12)13/h3-8,10-11,14H,9H2,1-2H3,(H,20,22)/b10-4+/t14-/m0/s1. The first-order valence-electron chi connectivity index (χ1n) is 7.53. The molecule has 0 aliphatic carbocycles. The lowest BCUT2D eigenvalue weighted by molar-refractivity contribution is -0.143. The largest absolute Gasteiger partial charge is 0.467 e. The van der Waals surface area contributed by atoms with Crippen LogP contribution in [0, 0.1) is 0 Å². The van der Waals surface area contributed by atoms with Crippen molar-refractivity contribution in [3.8, 4) is 0 Å². The van der Waals surface area contributed by atoms with Crippen LogP contribution in [0.2, 0.25) is 0 Å². The van der Waals surface area contributed by atoms with Crippen molar-refractivity contribution in [2.24, 2.45) is 0 Å². The minimum atomic E-state index is -0.933. The minimum Gasteiger partial charge on any atom is -0.467 e. The SMILES string of the molecule is COC(=O)/C=C/C[C@H](NC(=O)c1cccc2cccnc12)C(=O)OC. The predicted molar refractivity (Wildman–Crippen MR) is 90.8 cm³/mol. The van der Waals surface area contributed by atoms with E-state index in [2.05, 4.69) is 15.0 Å². The van der Waals surface area contributed by atoms with E-state index >= 15 is 0 Å². The first-order chi connectivity index (χ1) is 12.1. The molecule has 0 fully saturated rings. The summed E-state index contributed by atoms with van der Waals surface area (Å²) < 4.78 is 9.18. The molecule has 130 valence electrons. The molecular weight excluding hydrogens is 324 g/mol. The number of carbonyl (C=O) groups excluding carboxylic acids is 3. The molecule has 0 bridgehead atoms. The Morgan fingerprint density at radius 2 is 1.92 bits per heavy atom. The van der Waals surface area contributed by atoms with E-state index in [1.54, 1.807) is 24.4 Å². The van der Waals surface area contributed by atoms with Crippen LogP contribution >= 0.6 is 0 Å². The normalized spacial score (nSPS) is 11.9. The average Bonchev–Trinajstić information content (AvgIpc) is 2.65. The molecule has 1 aromatic heterocycles. The van der Waals surface area contributed by atoms with Crippen molar-refractivity contribution in [2.75, 3.05) is 14.2 Å². The number of nitrogens with one attached hydrogen (secondary N) is 1. The average molecular weight is 342 g/mol. The number of fused-ring (bicyclic) bond motifs is 1. The van der Waals surface area contributed by atoms with E-state index < -0.39 is 23.9 Å². The molecule has 0 spiro atoms. The molecule has 0 unspecified atom stereocenters. The van der Waals surface area contributed by atoms with Gasteiger partial charge < -0.3 is 14.8 Å². The van der Waals surface area contributed by atoms with Crippen molar-refractivity contribution in [3.63, 3.8) is 0 Å². The molecule has 1 atom stereocenters. The number of hydrogen-bond acceptors (Lipinski definition) is 6. The van der Waals surface area contributed by atoms with Crippen LogP contribution in [0.15, 0.2) is 48.7 Å². The van der Waals surface area contributed by atoms with E-state index in [1.165, 1.54) is 26.4 Å². The van der Waals surface area contributed by atoms with Crippen molar-refractivity contribution >= 4 is 28.7 Å². The predicted octanol–water partition coefficient (Wildman–Crippen LogP) is 1.63. The second-order valence-corrected chi connectivity index (χ2v) is 5.09. The molecule has 25 heavy (non-hydrogen) atoms. The Labute approximate surface area is 144 Å². The second-order valence-electron chi connectivity index (χ2n) is 5.09. The Morgan fingerprint density at radius 3 is 2.64 bits per heavy atom. The molecule has 0 aliphatic heterocycles. The van der Waals surface area contributed by atoms with Crippen molar-refractivity contribution in [1.82, 2.24) is 10.3 Å². The van der Waals surface area contributed by atoms with Gasteiger partial charge in [-0.05, 0) is 18.6 Å². The summed E-state index contributed by atoms with van der Waals surface area (Å²) >= 11 is 0. The van der Waals surface area contributed by atoms with Crippen LogP contribution in [0.3, 0.4) is 0 Å². The molecule has 2 rings (SSSR count). The quantitative estimate of drug-likeness (QED) is 0.633. The number of carbonyl (C=O) groups is 3. The van der Waals surface area contributed by atoms with Gasteiger partial charge in [-0.25, -0.2) is 9.59 Å². The Bertz CT molecular complexity index is 811. The van der Waals surface area contributed by atoms with Gasteiger partial charge in [-0.3, -0.25) is 9.78 Å². The number of pyridine rings is 1. The van der Waals surface area contributed by atoms with Gasteiger partial charge in [-0.1, -0.05) is 24.3 Å². The van der Waals surface area contributed by atoms with E-state index in [9.17, 15) is 14.4 Å². The number of nitrogens with zero attached hydrogens (tertiary/aromatic N) is 1. The van der Waals surface area contributed by atoms with Gasteiger partial charge in [0.1, 0.15) is 6.04 Å². The van der Waals surface area contributed by atoms with Crippen molar-refractivity contribution in [3.05, 3.63) is 54.2 Å². The third-order valence-electron chi connectivity index (χ3n) is 3.50. The molecule has 7 heteroatoms. The highest BCUT2D eigenvalue weighted by Crippen LogP contribution is 2.16. The first kappa shape index (κ1) is 18.1. The smallest absolute Gasteiger partial charge is 0.330 e. The number of para-hydroxylation sites is 1. The monoisotopic (exact) mass is 342 g/mol. The lowest BCUT2D eigenvalue weighted by Crippen LogP contribution is -2.41. The topological polar surface area (TPSA) is 94.6 Å². The molecule has 0 radical (unpaired) electrons. The molecule has 1 aromatic carbocycles. The summed E-state index contributed by atoms with van der Waals surface area (Å²) in [6, 6.07) is 7.90. The maximum Gasteiger partial charge on any atom is 0.330 e. The Kier molecular flexibility index (Phi) is 6.22. The van der Waals surface area contributed by atoms with E-state index in [-0.39, 0.29) is 6.42 Å². The Morgan fingerprint density at radius 1 is 1.16 bits per heavy atom. The van der Waals surface area contributed by atoms with Gasteiger partial charge in [0.25, 0.3) is 5.91 Å². The van der Waals surface area contributed by atoms with Gasteiger partial charge in [0.05, 0.1) is 25.3 Å². The van der Waals surface area contributed by atoms with E-state index in [0.29, 0.717) is 11.1 Å². The summed E-state index contributed by atoms with van der Waals surface area (Å²) in [5.74, 6) is -1.62. The van der Waals surface area contributed by atoms with Gasteiger partial charge >= 0.3 is 11.9 Å². The van der Waals surface area contributed by atoms with Gasteiger partial charge in [-0.15, -0.1) is 0 Å². The third kappa shape index (κ3) is 4.63. The van der Waals surface area contributed by atoms with E-state index in [1.807, 2.05) is 12.1 Å². The summed E-state index contributed by atoms with van der Waals surface area (Å²) in [4.78, 5) is 39.8. The Hall–Kier alpha value is -3.22. The van der Waals surface area contributed by atoms with Gasteiger partial charge in [-0.2, -0.15) is 0 Å². The van der Waals surface area contributed by atoms with Gasteiger partial charge in [0.15, 0.2) is 0 Å². The zero-order valence-electron chi connectivity index (χ0n) is 13.9. The second kappa shape index (κ2) is 8.58. The molecular formula is C18H18N2O5. The lowest BCUT2D eigenvalue weighted by atomic mass is 10.1. The zero-order valence-corrected chi connectivity index (χ0v) is 13.9. The van der Waals surface area contributed by atoms with Crippen LogP contribution in [0.4, 0.5) is 0 Å². The van der Waals surface area contributed by atoms with Crippen molar-refractivity contribution in [1.29, 1.82) is 0 Å². The molecule has 0 saturated heterocycles. The van der Waals surface area contributed by atoms with Crippen LogP contribution in [0.5, 0.6) is 0 Å². The number of benzene rings is 1. The maximum absolute atomic E-state index is 12.6.